The smallest absolute Gasteiger partial charge is 0.122 e. The second-order valence-corrected chi connectivity index (χ2v) is 5.44. The summed E-state index contributed by atoms with van der Waals surface area (Å²) >= 11 is 0. The van der Waals surface area contributed by atoms with Gasteiger partial charge in [-0.3, -0.25) is 0 Å². The molecule has 1 fully saturated rings. The van der Waals surface area contributed by atoms with Crippen LogP contribution in [-0.2, 0) is 4.74 Å². The average molecular weight is 264 g/mol. The predicted octanol–water partition coefficient (Wildman–Crippen LogP) is 1.38. The molecule has 0 saturated carbocycles. The first kappa shape index (κ1) is 14.4. The highest BCUT2D eigenvalue weighted by molar-refractivity contribution is 5.35. The Kier molecular flexibility index (Phi) is 5.67. The summed E-state index contributed by atoms with van der Waals surface area (Å²) in [6, 6.07) is 6.37. The van der Waals surface area contributed by atoms with Gasteiger partial charge in [-0.05, 0) is 38.3 Å². The van der Waals surface area contributed by atoms with Crippen LogP contribution in [0.1, 0.15) is 24.0 Å². The zero-order valence-electron chi connectivity index (χ0n) is 12.2. The second kappa shape index (κ2) is 7.51. The van der Waals surface area contributed by atoms with Gasteiger partial charge < -0.3 is 14.4 Å². The van der Waals surface area contributed by atoms with Crippen molar-refractivity contribution in [1.82, 2.24) is 0 Å². The number of rotatable bonds is 6. The Morgan fingerprint density at radius 3 is 2.68 bits per heavy atom. The van der Waals surface area contributed by atoms with Crippen molar-refractivity contribution in [3.05, 3.63) is 29.3 Å². The number of morpholine rings is 1. The fourth-order valence-corrected chi connectivity index (χ4v) is 2.53. The van der Waals surface area contributed by atoms with Crippen LogP contribution in [0, 0.1) is 13.8 Å². The minimum absolute atomic E-state index is 0.827. The minimum atomic E-state index is 0.827. The van der Waals surface area contributed by atoms with E-state index < -0.39 is 0 Å². The molecule has 0 aromatic heterocycles. The molecule has 0 aliphatic carbocycles. The summed E-state index contributed by atoms with van der Waals surface area (Å²) in [5.41, 5.74) is 2.53. The van der Waals surface area contributed by atoms with Gasteiger partial charge in [0.15, 0.2) is 0 Å². The molecular weight excluding hydrogens is 238 g/mol. The highest BCUT2D eigenvalue weighted by atomic mass is 16.5. The first-order valence-electron chi connectivity index (χ1n) is 7.37. The van der Waals surface area contributed by atoms with E-state index in [2.05, 4.69) is 32.0 Å². The molecule has 19 heavy (non-hydrogen) atoms. The van der Waals surface area contributed by atoms with Gasteiger partial charge in [0, 0.05) is 0 Å². The van der Waals surface area contributed by atoms with Crippen molar-refractivity contribution < 1.29 is 14.4 Å². The van der Waals surface area contributed by atoms with Crippen molar-refractivity contribution in [2.75, 3.05) is 39.5 Å². The molecule has 1 aliphatic heterocycles. The third-order valence-corrected chi connectivity index (χ3v) is 3.71. The molecule has 3 heteroatoms. The van der Waals surface area contributed by atoms with Crippen molar-refractivity contribution >= 4 is 0 Å². The molecule has 1 aromatic carbocycles. The van der Waals surface area contributed by atoms with Gasteiger partial charge in [-0.2, -0.15) is 0 Å². The van der Waals surface area contributed by atoms with Gasteiger partial charge in [0.2, 0.25) is 0 Å². The number of hydrogen-bond acceptors (Lipinski definition) is 2. The molecule has 0 radical (unpaired) electrons. The molecule has 0 unspecified atom stereocenters. The SMILES string of the molecule is Cc1ccc(OCCCC[NH+]2CCOCC2)c(C)c1. The van der Waals surface area contributed by atoms with Crippen molar-refractivity contribution in [1.29, 1.82) is 0 Å². The zero-order chi connectivity index (χ0) is 13.5. The monoisotopic (exact) mass is 264 g/mol. The van der Waals surface area contributed by atoms with E-state index in [9.17, 15) is 0 Å². The third kappa shape index (κ3) is 4.84. The number of aryl methyl sites for hydroxylation is 2. The summed E-state index contributed by atoms with van der Waals surface area (Å²) in [6.45, 7) is 10.5. The predicted molar refractivity (Wildman–Crippen MR) is 77.0 cm³/mol. The highest BCUT2D eigenvalue weighted by Gasteiger charge is 2.12. The Bertz CT molecular complexity index is 386. The maximum Gasteiger partial charge on any atom is 0.122 e. The summed E-state index contributed by atoms with van der Waals surface area (Å²) in [6.07, 6.45) is 2.37. The lowest BCUT2D eigenvalue weighted by atomic mass is 10.1. The Hall–Kier alpha value is -1.06. The van der Waals surface area contributed by atoms with Crippen LogP contribution in [0.5, 0.6) is 5.75 Å². The number of nitrogens with one attached hydrogen (secondary N) is 1. The lowest BCUT2D eigenvalue weighted by Crippen LogP contribution is -3.14. The number of benzene rings is 1. The van der Waals surface area contributed by atoms with E-state index >= 15 is 0 Å². The Balaban J connectivity index is 1.61. The summed E-state index contributed by atoms with van der Waals surface area (Å²) in [4.78, 5) is 1.68. The van der Waals surface area contributed by atoms with Crippen molar-refractivity contribution in [3.63, 3.8) is 0 Å². The number of unbranched alkanes of at least 4 members (excludes halogenated alkanes) is 1. The Labute approximate surface area is 116 Å². The van der Waals surface area contributed by atoms with E-state index in [1.807, 2.05) is 0 Å². The van der Waals surface area contributed by atoms with Crippen LogP contribution >= 0.6 is 0 Å². The largest absolute Gasteiger partial charge is 0.493 e. The summed E-state index contributed by atoms with van der Waals surface area (Å²) < 4.78 is 11.2. The van der Waals surface area contributed by atoms with Crippen LogP contribution in [0.15, 0.2) is 18.2 Å². The second-order valence-electron chi connectivity index (χ2n) is 5.44. The lowest BCUT2D eigenvalue weighted by Gasteiger charge is -2.23. The van der Waals surface area contributed by atoms with Crippen molar-refractivity contribution in [2.45, 2.75) is 26.7 Å². The maximum absolute atomic E-state index is 5.85. The summed E-state index contributed by atoms with van der Waals surface area (Å²) in [5, 5.41) is 0. The standard InChI is InChI=1S/C16H25NO2/c1-14-5-6-16(15(2)13-14)19-10-4-3-7-17-8-11-18-12-9-17/h5-6,13H,3-4,7-12H2,1-2H3/p+1. The van der Waals surface area contributed by atoms with Gasteiger partial charge in [0.1, 0.15) is 18.8 Å². The van der Waals surface area contributed by atoms with Gasteiger partial charge in [-0.15, -0.1) is 0 Å². The molecule has 3 nitrogen and oxygen atoms in total. The van der Waals surface area contributed by atoms with Crippen LogP contribution in [0.4, 0.5) is 0 Å². The van der Waals surface area contributed by atoms with Crippen LogP contribution in [0.25, 0.3) is 0 Å². The normalized spacial score (nSPS) is 16.5. The maximum atomic E-state index is 5.85. The van der Waals surface area contributed by atoms with Gasteiger partial charge in [0.05, 0.1) is 26.4 Å². The fourth-order valence-electron chi connectivity index (χ4n) is 2.53. The van der Waals surface area contributed by atoms with Crippen LogP contribution in [0.2, 0.25) is 0 Å². The molecule has 1 aromatic rings. The topological polar surface area (TPSA) is 22.9 Å². The first-order chi connectivity index (χ1) is 9.25. The third-order valence-electron chi connectivity index (χ3n) is 3.71. The van der Waals surface area contributed by atoms with Crippen molar-refractivity contribution in [3.8, 4) is 5.75 Å². The van der Waals surface area contributed by atoms with Gasteiger partial charge in [0.25, 0.3) is 0 Å². The van der Waals surface area contributed by atoms with Gasteiger partial charge >= 0.3 is 0 Å². The van der Waals surface area contributed by atoms with E-state index in [0.717, 1.165) is 45.1 Å². The van der Waals surface area contributed by atoms with Crippen LogP contribution in [-0.4, -0.2) is 39.5 Å². The first-order valence-corrected chi connectivity index (χ1v) is 7.37. The number of ether oxygens (including phenoxy) is 2. The van der Waals surface area contributed by atoms with Crippen molar-refractivity contribution in [2.24, 2.45) is 0 Å². The molecule has 1 aliphatic rings. The van der Waals surface area contributed by atoms with E-state index in [1.165, 1.54) is 24.1 Å². The molecule has 2 rings (SSSR count). The van der Waals surface area contributed by atoms with Crippen LogP contribution < -0.4 is 9.64 Å². The minimum Gasteiger partial charge on any atom is -0.493 e. The molecule has 0 spiro atoms. The van der Waals surface area contributed by atoms with E-state index in [0.29, 0.717) is 0 Å². The summed E-state index contributed by atoms with van der Waals surface area (Å²) in [5.74, 6) is 1.03. The quantitative estimate of drug-likeness (QED) is 0.785. The summed E-state index contributed by atoms with van der Waals surface area (Å²) in [7, 11) is 0. The van der Waals surface area contributed by atoms with E-state index in [-0.39, 0.29) is 0 Å². The highest BCUT2D eigenvalue weighted by Crippen LogP contribution is 2.18. The average Bonchev–Trinajstić information content (AvgIpc) is 2.42. The fraction of sp³-hybridized carbons (Fsp3) is 0.625. The van der Waals surface area contributed by atoms with E-state index in [1.54, 1.807) is 4.90 Å². The number of hydrogen-bond donors (Lipinski definition) is 1. The van der Waals surface area contributed by atoms with Gasteiger partial charge in [-0.25, -0.2) is 0 Å². The molecule has 1 heterocycles. The zero-order valence-corrected chi connectivity index (χ0v) is 12.2. The molecule has 0 atom stereocenters. The Morgan fingerprint density at radius 1 is 1.16 bits per heavy atom. The molecular formula is C16H26NO2+. The van der Waals surface area contributed by atoms with Crippen LogP contribution in [0.3, 0.4) is 0 Å². The molecule has 0 amide bonds. The number of quaternary nitrogens is 1. The molecule has 106 valence electrons. The lowest BCUT2D eigenvalue weighted by molar-refractivity contribution is -0.908. The van der Waals surface area contributed by atoms with Gasteiger partial charge in [-0.1, -0.05) is 17.7 Å². The molecule has 0 bridgehead atoms. The Morgan fingerprint density at radius 2 is 1.95 bits per heavy atom. The molecule has 1 N–H and O–H groups in total. The van der Waals surface area contributed by atoms with E-state index in [4.69, 9.17) is 9.47 Å². The molecule has 1 saturated heterocycles.